The first-order valence-corrected chi connectivity index (χ1v) is 7.93. The molecule has 0 aliphatic heterocycles. The van der Waals surface area contributed by atoms with E-state index in [2.05, 4.69) is 5.32 Å². The van der Waals surface area contributed by atoms with Crippen molar-refractivity contribution in [3.63, 3.8) is 0 Å². The number of anilines is 1. The summed E-state index contributed by atoms with van der Waals surface area (Å²) in [5, 5.41) is 3.24. The maximum absolute atomic E-state index is 12.5. The molecule has 0 radical (unpaired) electrons. The van der Waals surface area contributed by atoms with Gasteiger partial charge in [0.1, 0.15) is 22.4 Å². The van der Waals surface area contributed by atoms with Gasteiger partial charge in [-0.2, -0.15) is 0 Å². The summed E-state index contributed by atoms with van der Waals surface area (Å²) in [6.45, 7) is 3.58. The molecule has 0 saturated carbocycles. The van der Waals surface area contributed by atoms with Gasteiger partial charge in [0.15, 0.2) is 0 Å². The third-order valence-corrected chi connectivity index (χ3v) is 4.91. The summed E-state index contributed by atoms with van der Waals surface area (Å²) in [7, 11) is 0. The van der Waals surface area contributed by atoms with Crippen LogP contribution in [-0.4, -0.2) is 11.8 Å². The largest absolute Gasteiger partial charge is 0.463 e. The number of para-hydroxylation sites is 1. The van der Waals surface area contributed by atoms with Gasteiger partial charge in [-0.3, -0.25) is 14.4 Å². The van der Waals surface area contributed by atoms with Crippen LogP contribution in [-0.2, 0) is 0 Å². The van der Waals surface area contributed by atoms with Crippen molar-refractivity contribution in [2.45, 2.75) is 13.8 Å². The van der Waals surface area contributed by atoms with Crippen molar-refractivity contribution in [1.29, 1.82) is 0 Å². The van der Waals surface area contributed by atoms with E-state index in [1.54, 1.807) is 31.2 Å². The molecule has 2 aromatic heterocycles. The van der Waals surface area contributed by atoms with Gasteiger partial charge in [0, 0.05) is 4.88 Å². The summed E-state index contributed by atoms with van der Waals surface area (Å²) in [6.07, 6.45) is 1.12. The van der Waals surface area contributed by atoms with Crippen molar-refractivity contribution in [2.24, 2.45) is 5.73 Å². The van der Waals surface area contributed by atoms with Crippen LogP contribution >= 0.6 is 11.3 Å². The summed E-state index contributed by atoms with van der Waals surface area (Å²) >= 11 is 1.24. The van der Waals surface area contributed by atoms with Crippen LogP contribution in [0.5, 0.6) is 0 Å². The molecule has 0 bridgehead atoms. The maximum Gasteiger partial charge on any atom is 0.263 e. The molecule has 0 spiro atoms. The van der Waals surface area contributed by atoms with E-state index in [-0.39, 0.29) is 11.1 Å². The van der Waals surface area contributed by atoms with Gasteiger partial charge in [-0.25, -0.2) is 0 Å². The fourth-order valence-corrected chi connectivity index (χ4v) is 3.48. The van der Waals surface area contributed by atoms with Gasteiger partial charge in [-0.05, 0) is 31.5 Å². The number of nitrogens with one attached hydrogen (secondary N) is 1. The molecule has 0 fully saturated rings. The molecule has 0 aliphatic rings. The van der Waals surface area contributed by atoms with Gasteiger partial charge in [-0.1, -0.05) is 12.1 Å². The number of thiophene rings is 1. The normalized spacial score (nSPS) is 10.8. The van der Waals surface area contributed by atoms with Gasteiger partial charge >= 0.3 is 0 Å². The van der Waals surface area contributed by atoms with E-state index in [1.165, 1.54) is 11.3 Å². The van der Waals surface area contributed by atoms with Crippen LogP contribution in [0.4, 0.5) is 5.00 Å². The summed E-state index contributed by atoms with van der Waals surface area (Å²) in [5.74, 6) is -1.27. The predicted octanol–water partition coefficient (Wildman–Crippen LogP) is 2.82. The second kappa shape index (κ2) is 5.93. The number of carbonyl (C=O) groups excluding carboxylic acids is 2. The molecule has 2 heterocycles. The van der Waals surface area contributed by atoms with Gasteiger partial charge in [0.2, 0.25) is 5.43 Å². The quantitative estimate of drug-likeness (QED) is 0.764. The highest BCUT2D eigenvalue weighted by Crippen LogP contribution is 2.32. The Hall–Kier alpha value is -2.93. The number of nitrogens with two attached hydrogens (primary N) is 1. The summed E-state index contributed by atoms with van der Waals surface area (Å²) < 4.78 is 5.34. The van der Waals surface area contributed by atoms with Gasteiger partial charge in [-0.15, -0.1) is 11.3 Å². The monoisotopic (exact) mass is 342 g/mol. The summed E-state index contributed by atoms with van der Waals surface area (Å²) in [4.78, 5) is 37.4. The summed E-state index contributed by atoms with van der Waals surface area (Å²) in [6, 6.07) is 6.67. The van der Waals surface area contributed by atoms with Crippen LogP contribution in [0.25, 0.3) is 11.0 Å². The zero-order chi connectivity index (χ0) is 17.4. The van der Waals surface area contributed by atoms with Crippen LogP contribution in [0, 0.1) is 13.8 Å². The average Bonchev–Trinajstić information content (AvgIpc) is 2.82. The number of hydrogen-bond donors (Lipinski definition) is 2. The van der Waals surface area contributed by atoms with Gasteiger partial charge in [0.05, 0.1) is 10.9 Å². The molecule has 2 amide bonds. The summed E-state index contributed by atoms with van der Waals surface area (Å²) in [5.41, 5.74) is 6.20. The smallest absolute Gasteiger partial charge is 0.263 e. The minimum Gasteiger partial charge on any atom is -0.463 e. The van der Waals surface area contributed by atoms with E-state index >= 15 is 0 Å². The fourth-order valence-electron chi connectivity index (χ4n) is 2.42. The Labute approximate surface area is 140 Å². The number of primary amides is 1. The SMILES string of the molecule is Cc1sc(NC(=O)c2coc3ccccc3c2=O)c(C(N)=O)c1C. The van der Waals surface area contributed by atoms with Crippen molar-refractivity contribution in [2.75, 3.05) is 5.32 Å². The lowest BCUT2D eigenvalue weighted by Gasteiger charge is -2.05. The molecule has 3 N–H and O–H groups in total. The van der Waals surface area contributed by atoms with Crippen molar-refractivity contribution < 1.29 is 14.0 Å². The Bertz CT molecular complexity index is 1030. The number of amides is 2. The van der Waals surface area contributed by atoms with E-state index in [0.29, 0.717) is 21.5 Å². The van der Waals surface area contributed by atoms with Gasteiger partial charge < -0.3 is 15.5 Å². The first-order valence-electron chi connectivity index (χ1n) is 7.12. The molecule has 122 valence electrons. The molecule has 3 aromatic rings. The first-order chi connectivity index (χ1) is 11.4. The third kappa shape index (κ3) is 2.59. The lowest BCUT2D eigenvalue weighted by atomic mass is 10.1. The highest BCUT2D eigenvalue weighted by Gasteiger charge is 2.21. The average molecular weight is 342 g/mol. The number of fused-ring (bicyclic) bond motifs is 1. The minimum atomic E-state index is -0.641. The molecular formula is C17H14N2O4S. The van der Waals surface area contributed by atoms with Crippen LogP contribution in [0.1, 0.15) is 31.2 Å². The highest BCUT2D eigenvalue weighted by atomic mass is 32.1. The van der Waals surface area contributed by atoms with Crippen LogP contribution in [0.3, 0.4) is 0 Å². The Morgan fingerprint density at radius 2 is 1.92 bits per heavy atom. The number of aryl methyl sites for hydroxylation is 1. The molecule has 3 rings (SSSR count). The lowest BCUT2D eigenvalue weighted by molar-refractivity contribution is 0.100. The molecule has 0 saturated heterocycles. The number of hydrogen-bond acceptors (Lipinski definition) is 5. The van der Waals surface area contributed by atoms with E-state index in [0.717, 1.165) is 11.1 Å². The van der Waals surface area contributed by atoms with E-state index in [9.17, 15) is 14.4 Å². The van der Waals surface area contributed by atoms with Crippen molar-refractivity contribution >= 4 is 39.1 Å². The molecule has 6 nitrogen and oxygen atoms in total. The Balaban J connectivity index is 2.03. The number of benzene rings is 1. The minimum absolute atomic E-state index is 0.132. The standard InChI is InChI=1S/C17H14N2O4S/c1-8-9(2)24-17(13(8)15(18)21)19-16(22)11-7-23-12-6-4-3-5-10(12)14(11)20/h3-7H,1-2H3,(H2,18,21)(H,19,22). The zero-order valence-electron chi connectivity index (χ0n) is 13.0. The van der Waals surface area contributed by atoms with Crippen LogP contribution in [0.2, 0.25) is 0 Å². The molecular weight excluding hydrogens is 328 g/mol. The second-order valence-corrected chi connectivity index (χ2v) is 6.51. The molecule has 1 aromatic carbocycles. The molecule has 7 heteroatoms. The molecule has 0 atom stereocenters. The lowest BCUT2D eigenvalue weighted by Crippen LogP contribution is -2.22. The first kappa shape index (κ1) is 15.9. The molecule has 24 heavy (non-hydrogen) atoms. The molecule has 0 unspecified atom stereocenters. The van der Waals surface area contributed by atoms with E-state index < -0.39 is 17.2 Å². The van der Waals surface area contributed by atoms with E-state index in [4.69, 9.17) is 10.2 Å². The Kier molecular flexibility index (Phi) is 3.94. The zero-order valence-corrected chi connectivity index (χ0v) is 13.8. The van der Waals surface area contributed by atoms with Crippen LogP contribution in [0.15, 0.2) is 39.7 Å². The third-order valence-electron chi connectivity index (χ3n) is 3.78. The number of rotatable bonds is 3. The Morgan fingerprint density at radius 1 is 1.21 bits per heavy atom. The van der Waals surface area contributed by atoms with Crippen LogP contribution < -0.4 is 16.5 Å². The Morgan fingerprint density at radius 3 is 2.62 bits per heavy atom. The maximum atomic E-state index is 12.5. The topological polar surface area (TPSA) is 102 Å². The van der Waals surface area contributed by atoms with Crippen molar-refractivity contribution in [3.05, 3.63) is 62.3 Å². The van der Waals surface area contributed by atoms with Crippen molar-refractivity contribution in [1.82, 2.24) is 0 Å². The van der Waals surface area contributed by atoms with Crippen molar-refractivity contribution in [3.8, 4) is 0 Å². The van der Waals surface area contributed by atoms with E-state index in [1.807, 2.05) is 6.92 Å². The molecule has 0 aliphatic carbocycles. The predicted molar refractivity (Wildman–Crippen MR) is 92.7 cm³/mol. The van der Waals surface area contributed by atoms with Gasteiger partial charge in [0.25, 0.3) is 11.8 Å². The number of carbonyl (C=O) groups is 2. The second-order valence-electron chi connectivity index (χ2n) is 5.28. The fraction of sp³-hybridized carbons (Fsp3) is 0.118. The highest BCUT2D eigenvalue weighted by molar-refractivity contribution is 7.16.